The smallest absolute Gasteiger partial charge is 0.263 e. The fourth-order valence-corrected chi connectivity index (χ4v) is 4.60. The van der Waals surface area contributed by atoms with E-state index in [0.717, 1.165) is 11.1 Å². The summed E-state index contributed by atoms with van der Waals surface area (Å²) in [5.74, 6) is -0.0851. The van der Waals surface area contributed by atoms with E-state index in [9.17, 15) is 14.4 Å². The van der Waals surface area contributed by atoms with Gasteiger partial charge >= 0.3 is 0 Å². The van der Waals surface area contributed by atoms with Crippen molar-refractivity contribution in [3.63, 3.8) is 0 Å². The molecule has 2 amide bonds. The van der Waals surface area contributed by atoms with Crippen LogP contribution in [-0.2, 0) is 9.59 Å². The molecular formula is C26H26N4O3S. The van der Waals surface area contributed by atoms with E-state index < -0.39 is 6.04 Å². The van der Waals surface area contributed by atoms with Gasteiger partial charge in [-0.2, -0.15) is 0 Å². The summed E-state index contributed by atoms with van der Waals surface area (Å²) in [6, 6.07) is 14.2. The van der Waals surface area contributed by atoms with Crippen molar-refractivity contribution in [2.45, 2.75) is 39.7 Å². The zero-order valence-corrected chi connectivity index (χ0v) is 20.3. The van der Waals surface area contributed by atoms with Gasteiger partial charge in [-0.3, -0.25) is 19.0 Å². The van der Waals surface area contributed by atoms with Gasteiger partial charge in [0.15, 0.2) is 0 Å². The van der Waals surface area contributed by atoms with Crippen molar-refractivity contribution in [1.82, 2.24) is 9.55 Å². The molecule has 0 radical (unpaired) electrons. The molecular weight excluding hydrogens is 448 g/mol. The number of nitrogens with zero attached hydrogens (tertiary/aromatic N) is 2. The van der Waals surface area contributed by atoms with Crippen molar-refractivity contribution in [2.75, 3.05) is 10.6 Å². The standard InChI is InChI=1S/C26H26N4O3S/c1-15(2)18-5-7-19(8-6-18)22-13-34-25-23(22)26(33)30(14-27-25)16(3)24(32)29-21-11-9-20(10-12-21)28-17(4)31/h5-16H,1-4H3,(H,28,31)(H,29,32). The summed E-state index contributed by atoms with van der Waals surface area (Å²) in [7, 11) is 0. The Balaban J connectivity index is 1.60. The molecule has 174 valence electrons. The van der Waals surface area contributed by atoms with E-state index in [1.165, 1.54) is 34.7 Å². The molecule has 8 heteroatoms. The third-order valence-corrected chi connectivity index (χ3v) is 6.56. The van der Waals surface area contributed by atoms with Gasteiger partial charge in [0.2, 0.25) is 11.8 Å². The number of thiophene rings is 1. The molecule has 4 rings (SSSR count). The van der Waals surface area contributed by atoms with Gasteiger partial charge in [0, 0.05) is 29.2 Å². The lowest BCUT2D eigenvalue weighted by Crippen LogP contribution is -2.31. The average molecular weight is 475 g/mol. The number of carbonyl (C=O) groups is 2. The summed E-state index contributed by atoms with van der Waals surface area (Å²) < 4.78 is 1.36. The van der Waals surface area contributed by atoms with Crippen LogP contribution in [0.15, 0.2) is 65.0 Å². The largest absolute Gasteiger partial charge is 0.326 e. The molecule has 1 unspecified atom stereocenters. The fraction of sp³-hybridized carbons (Fsp3) is 0.231. The summed E-state index contributed by atoms with van der Waals surface area (Å²) in [6.07, 6.45) is 1.43. The second-order valence-electron chi connectivity index (χ2n) is 8.49. The Hall–Kier alpha value is -3.78. The Labute approximate surface area is 201 Å². The van der Waals surface area contributed by atoms with Gasteiger partial charge in [0.25, 0.3) is 5.56 Å². The monoisotopic (exact) mass is 474 g/mol. The molecule has 4 aromatic rings. The van der Waals surface area contributed by atoms with Gasteiger partial charge in [0.1, 0.15) is 10.9 Å². The lowest BCUT2D eigenvalue weighted by molar-refractivity contribution is -0.119. The minimum Gasteiger partial charge on any atom is -0.326 e. The maximum atomic E-state index is 13.4. The molecule has 0 aliphatic heterocycles. The Morgan fingerprint density at radius 2 is 1.56 bits per heavy atom. The molecule has 7 nitrogen and oxygen atoms in total. The first-order valence-corrected chi connectivity index (χ1v) is 11.9. The zero-order chi connectivity index (χ0) is 24.4. The number of hydrogen-bond acceptors (Lipinski definition) is 5. The Morgan fingerprint density at radius 3 is 2.15 bits per heavy atom. The summed E-state index contributed by atoms with van der Waals surface area (Å²) in [5, 5.41) is 7.95. The topological polar surface area (TPSA) is 93.1 Å². The number of amides is 2. The molecule has 2 heterocycles. The van der Waals surface area contributed by atoms with Crippen LogP contribution in [0.25, 0.3) is 21.3 Å². The van der Waals surface area contributed by atoms with E-state index in [1.54, 1.807) is 31.2 Å². The molecule has 0 saturated carbocycles. The van der Waals surface area contributed by atoms with Crippen LogP contribution < -0.4 is 16.2 Å². The van der Waals surface area contributed by atoms with E-state index in [-0.39, 0.29) is 17.4 Å². The predicted molar refractivity (Wildman–Crippen MR) is 137 cm³/mol. The normalized spacial score (nSPS) is 12.0. The highest BCUT2D eigenvalue weighted by molar-refractivity contribution is 7.17. The molecule has 0 bridgehead atoms. The lowest BCUT2D eigenvalue weighted by Gasteiger charge is -2.15. The predicted octanol–water partition coefficient (Wildman–Crippen LogP) is 5.41. The molecule has 34 heavy (non-hydrogen) atoms. The van der Waals surface area contributed by atoms with Crippen molar-refractivity contribution >= 4 is 44.7 Å². The van der Waals surface area contributed by atoms with Crippen molar-refractivity contribution in [3.8, 4) is 11.1 Å². The van der Waals surface area contributed by atoms with E-state index in [1.807, 2.05) is 17.5 Å². The minimum atomic E-state index is -0.768. The highest BCUT2D eigenvalue weighted by Crippen LogP contribution is 2.31. The van der Waals surface area contributed by atoms with Gasteiger partial charge in [-0.15, -0.1) is 11.3 Å². The zero-order valence-electron chi connectivity index (χ0n) is 19.5. The number of benzene rings is 2. The quantitative estimate of drug-likeness (QED) is 0.391. The first kappa shape index (κ1) is 23.4. The number of fused-ring (bicyclic) bond motifs is 1. The van der Waals surface area contributed by atoms with Crippen LogP contribution in [0.5, 0.6) is 0 Å². The molecule has 0 fully saturated rings. The van der Waals surface area contributed by atoms with Crippen molar-refractivity contribution < 1.29 is 9.59 Å². The molecule has 2 aromatic carbocycles. The molecule has 1 atom stereocenters. The van der Waals surface area contributed by atoms with Gasteiger partial charge in [-0.25, -0.2) is 4.98 Å². The third kappa shape index (κ3) is 4.77. The van der Waals surface area contributed by atoms with E-state index in [2.05, 4.69) is 41.6 Å². The summed E-state index contributed by atoms with van der Waals surface area (Å²) in [4.78, 5) is 42.6. The third-order valence-electron chi connectivity index (χ3n) is 5.68. The molecule has 0 aliphatic carbocycles. The molecule has 0 aliphatic rings. The van der Waals surface area contributed by atoms with Crippen molar-refractivity contribution in [2.24, 2.45) is 0 Å². The van der Waals surface area contributed by atoms with Crippen molar-refractivity contribution in [1.29, 1.82) is 0 Å². The van der Waals surface area contributed by atoms with Crippen LogP contribution in [-0.4, -0.2) is 21.4 Å². The molecule has 0 spiro atoms. The van der Waals surface area contributed by atoms with Crippen LogP contribution >= 0.6 is 11.3 Å². The van der Waals surface area contributed by atoms with E-state index in [4.69, 9.17) is 0 Å². The van der Waals surface area contributed by atoms with Crippen LogP contribution in [0.4, 0.5) is 11.4 Å². The molecule has 2 aromatic heterocycles. The maximum absolute atomic E-state index is 13.4. The molecule has 2 N–H and O–H groups in total. The van der Waals surface area contributed by atoms with Gasteiger partial charge in [0.05, 0.1) is 11.7 Å². The highest BCUT2D eigenvalue weighted by Gasteiger charge is 2.20. The fourth-order valence-electron chi connectivity index (χ4n) is 3.69. The van der Waals surface area contributed by atoms with Gasteiger partial charge in [-0.05, 0) is 48.2 Å². The Bertz CT molecular complexity index is 1400. The SMILES string of the molecule is CC(=O)Nc1ccc(NC(=O)C(C)n2cnc3scc(-c4ccc(C(C)C)cc4)c3c2=O)cc1. The number of aromatic nitrogens is 2. The first-order chi connectivity index (χ1) is 16.2. The second-order valence-corrected chi connectivity index (χ2v) is 9.35. The van der Waals surface area contributed by atoms with Crippen molar-refractivity contribution in [3.05, 3.63) is 76.2 Å². The summed E-state index contributed by atoms with van der Waals surface area (Å²) >= 11 is 1.42. The van der Waals surface area contributed by atoms with Crippen LogP contribution in [0.1, 0.15) is 45.2 Å². The lowest BCUT2D eigenvalue weighted by atomic mass is 9.99. The van der Waals surface area contributed by atoms with E-state index >= 15 is 0 Å². The number of hydrogen-bond donors (Lipinski definition) is 2. The molecule has 0 saturated heterocycles. The average Bonchev–Trinajstić information content (AvgIpc) is 3.25. The van der Waals surface area contributed by atoms with Crippen LogP contribution in [0, 0.1) is 0 Å². The van der Waals surface area contributed by atoms with Gasteiger partial charge < -0.3 is 10.6 Å². The maximum Gasteiger partial charge on any atom is 0.263 e. The number of anilines is 2. The number of nitrogens with one attached hydrogen (secondary N) is 2. The van der Waals surface area contributed by atoms with E-state index in [0.29, 0.717) is 27.5 Å². The second kappa shape index (κ2) is 9.61. The van der Waals surface area contributed by atoms with Crippen LogP contribution in [0.2, 0.25) is 0 Å². The highest BCUT2D eigenvalue weighted by atomic mass is 32.1. The first-order valence-electron chi connectivity index (χ1n) is 11.0. The minimum absolute atomic E-state index is 0.170. The Morgan fingerprint density at radius 1 is 0.941 bits per heavy atom. The summed E-state index contributed by atoms with van der Waals surface area (Å²) in [6.45, 7) is 7.38. The number of carbonyl (C=O) groups excluding carboxylic acids is 2. The van der Waals surface area contributed by atoms with Crippen LogP contribution in [0.3, 0.4) is 0 Å². The van der Waals surface area contributed by atoms with Gasteiger partial charge in [-0.1, -0.05) is 38.1 Å². The summed E-state index contributed by atoms with van der Waals surface area (Å²) in [5.41, 5.74) is 3.95. The Kier molecular flexibility index (Phi) is 6.61. The number of rotatable bonds is 6.